The monoisotopic (exact) mass is 306 g/mol. The Labute approximate surface area is 113 Å². The molecule has 0 aliphatic carbocycles. The van der Waals surface area contributed by atoms with Crippen LogP contribution in [0.2, 0.25) is 0 Å². The Kier molecular flexibility index (Phi) is 3.99. The zero-order valence-electron chi connectivity index (χ0n) is 9.42. The summed E-state index contributed by atoms with van der Waals surface area (Å²) in [5, 5.41) is 9.21. The van der Waals surface area contributed by atoms with E-state index in [1.54, 1.807) is 48.5 Å². The molecule has 0 saturated carbocycles. The van der Waals surface area contributed by atoms with Gasteiger partial charge in [-0.2, -0.15) is 0 Å². The lowest BCUT2D eigenvalue weighted by atomic mass is 10.1. The molecular weight excluding hydrogens is 296 g/mol. The number of halogens is 1. The Bertz CT molecular complexity index is 522. The van der Waals surface area contributed by atoms with Crippen LogP contribution in [0.4, 0.5) is 0 Å². The zero-order valence-corrected chi connectivity index (χ0v) is 11.0. The van der Waals surface area contributed by atoms with Crippen LogP contribution in [0.3, 0.4) is 0 Å². The van der Waals surface area contributed by atoms with Gasteiger partial charge < -0.3 is 9.84 Å². The summed E-state index contributed by atoms with van der Waals surface area (Å²) in [4.78, 5) is 11.2. The maximum Gasteiger partial charge on any atom is 0.349 e. The second kappa shape index (κ2) is 5.69. The van der Waals surface area contributed by atoms with E-state index < -0.39 is 12.1 Å². The van der Waals surface area contributed by atoms with Crippen LogP contribution >= 0.6 is 15.9 Å². The average Bonchev–Trinajstić information content (AvgIpc) is 2.38. The van der Waals surface area contributed by atoms with Gasteiger partial charge in [-0.1, -0.05) is 46.3 Å². The predicted molar refractivity (Wildman–Crippen MR) is 71.6 cm³/mol. The third-order valence-electron chi connectivity index (χ3n) is 2.39. The first-order chi connectivity index (χ1) is 8.66. The van der Waals surface area contributed by atoms with Crippen molar-refractivity contribution in [3.63, 3.8) is 0 Å². The maximum absolute atomic E-state index is 11.2. The lowest BCUT2D eigenvalue weighted by Gasteiger charge is -2.15. The molecule has 1 unspecified atom stereocenters. The highest BCUT2D eigenvalue weighted by atomic mass is 79.9. The van der Waals surface area contributed by atoms with Crippen molar-refractivity contribution < 1.29 is 14.6 Å². The van der Waals surface area contributed by atoms with Gasteiger partial charge in [0.05, 0.1) is 0 Å². The summed E-state index contributed by atoms with van der Waals surface area (Å²) in [6.07, 6.45) is -0.993. The van der Waals surface area contributed by atoms with Crippen molar-refractivity contribution in [2.24, 2.45) is 0 Å². The molecule has 2 aromatic rings. The zero-order chi connectivity index (χ0) is 13.0. The van der Waals surface area contributed by atoms with Crippen molar-refractivity contribution in [2.45, 2.75) is 6.10 Å². The molecule has 0 aromatic heterocycles. The van der Waals surface area contributed by atoms with E-state index in [0.29, 0.717) is 11.3 Å². The van der Waals surface area contributed by atoms with Gasteiger partial charge in [0.25, 0.3) is 0 Å². The first-order valence-electron chi connectivity index (χ1n) is 5.37. The molecule has 0 heterocycles. The minimum atomic E-state index is -1.01. The van der Waals surface area contributed by atoms with E-state index in [1.807, 2.05) is 6.07 Å². The van der Waals surface area contributed by atoms with E-state index in [1.165, 1.54) is 0 Å². The Hall–Kier alpha value is -1.81. The molecule has 0 aliphatic heterocycles. The lowest BCUT2D eigenvalue weighted by Crippen LogP contribution is -2.18. The number of rotatable bonds is 4. The summed E-state index contributed by atoms with van der Waals surface area (Å²) >= 11 is 3.31. The topological polar surface area (TPSA) is 46.5 Å². The summed E-state index contributed by atoms with van der Waals surface area (Å²) in [5.41, 5.74) is 0.618. The second-order valence-corrected chi connectivity index (χ2v) is 4.62. The van der Waals surface area contributed by atoms with Crippen molar-refractivity contribution >= 4 is 21.9 Å². The smallest absolute Gasteiger partial charge is 0.349 e. The molecule has 92 valence electrons. The van der Waals surface area contributed by atoms with Crippen molar-refractivity contribution in [2.75, 3.05) is 0 Å². The standard InChI is InChI=1S/C14H11BrO3/c15-11-6-8-12(9-7-11)18-13(14(16)17)10-4-2-1-3-5-10/h1-9,13H,(H,16,17). The number of benzene rings is 2. The van der Waals surface area contributed by atoms with Crippen LogP contribution in [0, 0.1) is 0 Å². The highest BCUT2D eigenvalue weighted by Crippen LogP contribution is 2.23. The van der Waals surface area contributed by atoms with Gasteiger partial charge >= 0.3 is 5.97 Å². The Morgan fingerprint density at radius 2 is 1.67 bits per heavy atom. The minimum absolute atomic E-state index is 0.523. The van der Waals surface area contributed by atoms with Crippen molar-refractivity contribution in [1.82, 2.24) is 0 Å². The molecule has 0 radical (unpaired) electrons. The lowest BCUT2D eigenvalue weighted by molar-refractivity contribution is -0.145. The predicted octanol–water partition coefficient (Wildman–Crippen LogP) is 3.65. The highest BCUT2D eigenvalue weighted by Gasteiger charge is 2.21. The number of hydrogen-bond acceptors (Lipinski definition) is 2. The summed E-state index contributed by atoms with van der Waals surface area (Å²) < 4.78 is 6.41. The van der Waals surface area contributed by atoms with Gasteiger partial charge in [-0.05, 0) is 24.3 Å². The molecule has 0 bridgehead atoms. The molecule has 18 heavy (non-hydrogen) atoms. The summed E-state index contributed by atoms with van der Waals surface area (Å²) in [6.45, 7) is 0. The van der Waals surface area contributed by atoms with Crippen LogP contribution in [-0.4, -0.2) is 11.1 Å². The van der Waals surface area contributed by atoms with Crippen LogP contribution in [0.5, 0.6) is 5.75 Å². The molecule has 1 N–H and O–H groups in total. The molecular formula is C14H11BrO3. The largest absolute Gasteiger partial charge is 0.478 e. The molecule has 0 spiro atoms. The van der Waals surface area contributed by atoms with Gasteiger partial charge in [0.1, 0.15) is 5.75 Å². The first-order valence-corrected chi connectivity index (χ1v) is 6.16. The third kappa shape index (κ3) is 3.11. The number of carboxylic acid groups (broad SMARTS) is 1. The second-order valence-electron chi connectivity index (χ2n) is 3.70. The number of ether oxygens (including phenoxy) is 1. The van der Waals surface area contributed by atoms with Gasteiger partial charge in [0.15, 0.2) is 0 Å². The van der Waals surface area contributed by atoms with Crippen molar-refractivity contribution in [1.29, 1.82) is 0 Å². The molecule has 1 atom stereocenters. The van der Waals surface area contributed by atoms with Gasteiger partial charge in [-0.25, -0.2) is 4.79 Å². The van der Waals surface area contributed by atoms with E-state index in [0.717, 1.165) is 4.47 Å². The summed E-state index contributed by atoms with van der Waals surface area (Å²) in [5.74, 6) is -0.487. The molecule has 2 aromatic carbocycles. The van der Waals surface area contributed by atoms with E-state index in [2.05, 4.69) is 15.9 Å². The molecule has 0 amide bonds. The SMILES string of the molecule is O=C(O)C(Oc1ccc(Br)cc1)c1ccccc1. The molecule has 2 rings (SSSR count). The van der Waals surface area contributed by atoms with Gasteiger partial charge in [0, 0.05) is 10.0 Å². The van der Waals surface area contributed by atoms with Crippen LogP contribution in [0.1, 0.15) is 11.7 Å². The van der Waals surface area contributed by atoms with Gasteiger partial charge in [-0.3, -0.25) is 0 Å². The number of carbonyl (C=O) groups is 1. The maximum atomic E-state index is 11.2. The fourth-order valence-electron chi connectivity index (χ4n) is 1.54. The minimum Gasteiger partial charge on any atom is -0.478 e. The Morgan fingerprint density at radius 3 is 2.22 bits per heavy atom. The van der Waals surface area contributed by atoms with E-state index in [4.69, 9.17) is 4.74 Å². The molecule has 0 saturated heterocycles. The quantitative estimate of drug-likeness (QED) is 0.938. The van der Waals surface area contributed by atoms with Crippen molar-refractivity contribution in [3.8, 4) is 5.75 Å². The van der Waals surface area contributed by atoms with Crippen LogP contribution in [0.25, 0.3) is 0 Å². The van der Waals surface area contributed by atoms with Crippen LogP contribution in [-0.2, 0) is 4.79 Å². The molecule has 3 nitrogen and oxygen atoms in total. The fraction of sp³-hybridized carbons (Fsp3) is 0.0714. The van der Waals surface area contributed by atoms with E-state index in [-0.39, 0.29) is 0 Å². The average molecular weight is 307 g/mol. The van der Waals surface area contributed by atoms with Crippen molar-refractivity contribution in [3.05, 3.63) is 64.6 Å². The molecule has 0 aliphatic rings. The normalized spacial score (nSPS) is 11.8. The van der Waals surface area contributed by atoms with Gasteiger partial charge in [-0.15, -0.1) is 0 Å². The Balaban J connectivity index is 2.22. The summed E-state index contributed by atoms with van der Waals surface area (Å²) in [6, 6.07) is 15.9. The van der Waals surface area contributed by atoms with E-state index >= 15 is 0 Å². The van der Waals surface area contributed by atoms with E-state index in [9.17, 15) is 9.90 Å². The van der Waals surface area contributed by atoms with Crippen LogP contribution < -0.4 is 4.74 Å². The number of hydrogen-bond donors (Lipinski definition) is 1. The molecule has 4 heteroatoms. The van der Waals surface area contributed by atoms with Crippen LogP contribution in [0.15, 0.2) is 59.1 Å². The number of aliphatic carboxylic acids is 1. The number of carboxylic acids is 1. The molecule has 0 fully saturated rings. The third-order valence-corrected chi connectivity index (χ3v) is 2.92. The fourth-order valence-corrected chi connectivity index (χ4v) is 1.80. The highest BCUT2D eigenvalue weighted by molar-refractivity contribution is 9.10. The summed E-state index contributed by atoms with van der Waals surface area (Å²) in [7, 11) is 0. The first kappa shape index (κ1) is 12.6. The Morgan fingerprint density at radius 1 is 1.06 bits per heavy atom. The van der Waals surface area contributed by atoms with Gasteiger partial charge in [0.2, 0.25) is 6.10 Å².